The number of hydrogen-bond donors (Lipinski definition) is 2. The molecule has 28 heavy (non-hydrogen) atoms. The highest BCUT2D eigenvalue weighted by Gasteiger charge is 2.19. The molecule has 0 unspecified atom stereocenters. The summed E-state index contributed by atoms with van der Waals surface area (Å²) >= 11 is 5.36. The fourth-order valence-electron chi connectivity index (χ4n) is 3.37. The Kier molecular flexibility index (Phi) is 6.28. The number of aromatic amines is 1. The van der Waals surface area contributed by atoms with E-state index in [-0.39, 0.29) is 23.4 Å². The minimum atomic E-state index is -0.180. The SMILES string of the molecule is CC[C@@H](C)NC(=O)c1ccc2c(=O)n(CCCN3CCCC3=O)c(=S)[nH]c2c1. The highest BCUT2D eigenvalue weighted by molar-refractivity contribution is 7.71. The van der Waals surface area contributed by atoms with E-state index in [1.165, 1.54) is 4.57 Å². The summed E-state index contributed by atoms with van der Waals surface area (Å²) in [4.78, 5) is 41.8. The number of hydrogen-bond acceptors (Lipinski definition) is 4. The standard InChI is InChI=1S/C20H26N4O3S/c1-3-13(2)21-18(26)14-7-8-15-16(12-14)22-20(28)24(19(15)27)11-5-10-23-9-4-6-17(23)25/h7-8,12-13H,3-6,9-11H2,1-2H3,(H,21,26)(H,22,28)/t13-/m1/s1. The third kappa shape index (κ3) is 4.32. The molecule has 0 aliphatic carbocycles. The fraction of sp³-hybridized carbons (Fsp3) is 0.500. The van der Waals surface area contributed by atoms with Crippen LogP contribution in [0.2, 0.25) is 0 Å². The molecule has 3 rings (SSSR count). The number of rotatable bonds is 7. The van der Waals surface area contributed by atoms with Gasteiger partial charge in [-0.15, -0.1) is 0 Å². The average Bonchev–Trinajstić information content (AvgIpc) is 3.08. The summed E-state index contributed by atoms with van der Waals surface area (Å²) in [5, 5.41) is 3.41. The van der Waals surface area contributed by atoms with Crippen LogP contribution < -0.4 is 10.9 Å². The lowest BCUT2D eigenvalue weighted by molar-refractivity contribution is -0.127. The number of likely N-dealkylation sites (tertiary alicyclic amines) is 1. The molecule has 1 saturated heterocycles. The number of H-pyrrole nitrogens is 1. The van der Waals surface area contributed by atoms with Crippen molar-refractivity contribution >= 4 is 34.9 Å². The Balaban J connectivity index is 1.79. The Morgan fingerprint density at radius 1 is 1.32 bits per heavy atom. The second-order valence-corrected chi connectivity index (χ2v) is 7.65. The predicted molar refractivity (Wildman–Crippen MR) is 111 cm³/mol. The second-order valence-electron chi connectivity index (χ2n) is 7.27. The van der Waals surface area contributed by atoms with Gasteiger partial charge in [0.2, 0.25) is 5.91 Å². The van der Waals surface area contributed by atoms with E-state index in [9.17, 15) is 14.4 Å². The predicted octanol–water partition coefficient (Wildman–Crippen LogP) is 2.60. The Morgan fingerprint density at radius 2 is 2.11 bits per heavy atom. The van der Waals surface area contributed by atoms with Gasteiger partial charge in [0.05, 0.1) is 10.9 Å². The largest absolute Gasteiger partial charge is 0.350 e. The van der Waals surface area contributed by atoms with Crippen molar-refractivity contribution < 1.29 is 9.59 Å². The average molecular weight is 403 g/mol. The van der Waals surface area contributed by atoms with Crippen molar-refractivity contribution in [3.8, 4) is 0 Å². The van der Waals surface area contributed by atoms with E-state index >= 15 is 0 Å². The van der Waals surface area contributed by atoms with Crippen LogP contribution in [0.4, 0.5) is 0 Å². The van der Waals surface area contributed by atoms with E-state index < -0.39 is 0 Å². The molecule has 1 aromatic heterocycles. The molecule has 2 N–H and O–H groups in total. The number of aromatic nitrogens is 2. The quantitative estimate of drug-likeness (QED) is 0.697. The molecule has 8 heteroatoms. The zero-order chi connectivity index (χ0) is 20.3. The number of benzene rings is 1. The maximum atomic E-state index is 12.8. The first-order valence-electron chi connectivity index (χ1n) is 9.76. The molecule has 7 nitrogen and oxygen atoms in total. The second kappa shape index (κ2) is 8.68. The van der Waals surface area contributed by atoms with E-state index in [1.54, 1.807) is 18.2 Å². The van der Waals surface area contributed by atoms with Gasteiger partial charge in [0.15, 0.2) is 4.77 Å². The normalized spacial score (nSPS) is 15.2. The lowest BCUT2D eigenvalue weighted by atomic mass is 10.1. The molecule has 0 radical (unpaired) electrons. The molecule has 2 amide bonds. The van der Waals surface area contributed by atoms with E-state index in [1.807, 2.05) is 18.7 Å². The molecule has 1 aliphatic rings. The zero-order valence-electron chi connectivity index (χ0n) is 16.3. The van der Waals surface area contributed by atoms with Crippen LogP contribution in [0.25, 0.3) is 10.9 Å². The van der Waals surface area contributed by atoms with Crippen LogP contribution in [0.3, 0.4) is 0 Å². The summed E-state index contributed by atoms with van der Waals surface area (Å²) in [7, 11) is 0. The van der Waals surface area contributed by atoms with Crippen molar-refractivity contribution in [1.29, 1.82) is 0 Å². The van der Waals surface area contributed by atoms with Gasteiger partial charge < -0.3 is 15.2 Å². The first-order valence-corrected chi connectivity index (χ1v) is 10.2. The van der Waals surface area contributed by atoms with Gasteiger partial charge in [0, 0.05) is 37.7 Å². The molecule has 0 spiro atoms. The summed E-state index contributed by atoms with van der Waals surface area (Å²) in [5.41, 5.74) is 0.862. The van der Waals surface area contributed by atoms with Crippen molar-refractivity contribution in [1.82, 2.24) is 19.8 Å². The lowest BCUT2D eigenvalue weighted by Gasteiger charge is -2.16. The third-order valence-electron chi connectivity index (χ3n) is 5.22. The van der Waals surface area contributed by atoms with Crippen molar-refractivity contribution in [2.75, 3.05) is 13.1 Å². The molecule has 2 heterocycles. The number of fused-ring (bicyclic) bond motifs is 1. The lowest BCUT2D eigenvalue weighted by Crippen LogP contribution is -2.32. The molecule has 150 valence electrons. The Hall–Kier alpha value is -2.48. The monoisotopic (exact) mass is 402 g/mol. The van der Waals surface area contributed by atoms with Gasteiger partial charge in [-0.25, -0.2) is 0 Å². The summed E-state index contributed by atoms with van der Waals surface area (Å²) in [5.74, 6) is 0.00856. The number of amides is 2. The van der Waals surface area contributed by atoms with Gasteiger partial charge in [0.25, 0.3) is 11.5 Å². The fourth-order valence-corrected chi connectivity index (χ4v) is 3.65. The Bertz CT molecular complexity index is 1010. The van der Waals surface area contributed by atoms with Gasteiger partial charge in [-0.1, -0.05) is 6.92 Å². The highest BCUT2D eigenvalue weighted by Crippen LogP contribution is 2.13. The molecular weight excluding hydrogens is 376 g/mol. The summed E-state index contributed by atoms with van der Waals surface area (Å²) in [6.45, 7) is 5.82. The van der Waals surface area contributed by atoms with E-state index in [0.29, 0.717) is 47.2 Å². The zero-order valence-corrected chi connectivity index (χ0v) is 17.1. The third-order valence-corrected chi connectivity index (χ3v) is 5.54. The molecule has 1 fully saturated rings. The first-order chi connectivity index (χ1) is 13.4. The molecule has 1 atom stereocenters. The molecule has 2 aromatic rings. The molecule has 1 aromatic carbocycles. The van der Waals surface area contributed by atoms with Gasteiger partial charge in [-0.05, 0) is 56.6 Å². The topological polar surface area (TPSA) is 87.2 Å². The Morgan fingerprint density at radius 3 is 2.79 bits per heavy atom. The minimum Gasteiger partial charge on any atom is -0.350 e. The van der Waals surface area contributed by atoms with Crippen molar-refractivity contribution in [3.05, 3.63) is 38.9 Å². The van der Waals surface area contributed by atoms with Crippen LogP contribution >= 0.6 is 12.2 Å². The maximum absolute atomic E-state index is 12.8. The molecule has 1 aliphatic heterocycles. The highest BCUT2D eigenvalue weighted by atomic mass is 32.1. The van der Waals surface area contributed by atoms with Crippen LogP contribution in [0.1, 0.15) is 49.9 Å². The van der Waals surface area contributed by atoms with E-state index in [4.69, 9.17) is 12.2 Å². The summed E-state index contributed by atoms with van der Waals surface area (Å²) < 4.78 is 1.85. The number of carbonyl (C=O) groups is 2. The van der Waals surface area contributed by atoms with Crippen LogP contribution in [0, 0.1) is 4.77 Å². The number of carbonyl (C=O) groups excluding carboxylic acids is 2. The maximum Gasteiger partial charge on any atom is 0.262 e. The van der Waals surface area contributed by atoms with Crippen LogP contribution in [0.5, 0.6) is 0 Å². The van der Waals surface area contributed by atoms with Crippen molar-refractivity contribution in [2.45, 2.75) is 52.1 Å². The van der Waals surface area contributed by atoms with Crippen LogP contribution in [-0.2, 0) is 11.3 Å². The first kappa shape index (κ1) is 20.3. The molecular formula is C20H26N4O3S. The molecule has 0 saturated carbocycles. The van der Waals surface area contributed by atoms with Crippen molar-refractivity contribution in [2.24, 2.45) is 0 Å². The van der Waals surface area contributed by atoms with Crippen LogP contribution in [-0.4, -0.2) is 45.4 Å². The van der Waals surface area contributed by atoms with Crippen molar-refractivity contribution in [3.63, 3.8) is 0 Å². The minimum absolute atomic E-state index is 0.0807. The van der Waals surface area contributed by atoms with Gasteiger partial charge in [0.1, 0.15) is 0 Å². The molecule has 0 bridgehead atoms. The smallest absolute Gasteiger partial charge is 0.262 e. The van der Waals surface area contributed by atoms with Crippen LogP contribution in [0.15, 0.2) is 23.0 Å². The number of nitrogens with zero attached hydrogens (tertiary/aromatic N) is 2. The van der Waals surface area contributed by atoms with Gasteiger partial charge in [-0.2, -0.15) is 0 Å². The van der Waals surface area contributed by atoms with E-state index in [0.717, 1.165) is 19.4 Å². The van der Waals surface area contributed by atoms with E-state index in [2.05, 4.69) is 10.3 Å². The Labute approximate surface area is 168 Å². The van der Waals surface area contributed by atoms with Gasteiger partial charge in [-0.3, -0.25) is 19.0 Å². The number of nitrogens with one attached hydrogen (secondary N) is 2. The van der Waals surface area contributed by atoms with Gasteiger partial charge >= 0.3 is 0 Å². The summed E-state index contributed by atoms with van der Waals surface area (Å²) in [6, 6.07) is 5.06. The summed E-state index contributed by atoms with van der Waals surface area (Å²) in [6.07, 6.45) is 3.03.